The summed E-state index contributed by atoms with van der Waals surface area (Å²) < 4.78 is 1.14. The Morgan fingerprint density at radius 2 is 2.06 bits per heavy atom. The number of hydrogen-bond donors (Lipinski definition) is 1. The molecule has 1 fully saturated rings. The lowest BCUT2D eigenvalue weighted by molar-refractivity contribution is 0.0798. The summed E-state index contributed by atoms with van der Waals surface area (Å²) >= 11 is 1.53. The molecule has 1 aromatic heterocycles. The van der Waals surface area contributed by atoms with Crippen molar-refractivity contribution >= 4 is 33.0 Å². The van der Waals surface area contributed by atoms with Crippen LogP contribution in [0.4, 0.5) is 5.69 Å². The van der Waals surface area contributed by atoms with Gasteiger partial charge in [0.15, 0.2) is 0 Å². The van der Waals surface area contributed by atoms with E-state index in [0.29, 0.717) is 10.6 Å². The molecule has 2 heterocycles. The van der Waals surface area contributed by atoms with Gasteiger partial charge in [0.05, 0.1) is 5.69 Å². The lowest BCUT2D eigenvalue weighted by atomic mass is 10.1. The van der Waals surface area contributed by atoms with Gasteiger partial charge in [-0.2, -0.15) is 0 Å². The molecular weight excluding hydrogens is 244 g/mol. The summed E-state index contributed by atoms with van der Waals surface area (Å²) in [6, 6.07) is 6.04. The van der Waals surface area contributed by atoms with Crippen LogP contribution in [-0.2, 0) is 0 Å². The zero-order chi connectivity index (χ0) is 12.7. The van der Waals surface area contributed by atoms with Crippen molar-refractivity contribution in [2.24, 2.45) is 0 Å². The average Bonchev–Trinajstić information content (AvgIpc) is 2.98. The Morgan fingerprint density at radius 3 is 2.72 bits per heavy atom. The van der Waals surface area contributed by atoms with Gasteiger partial charge < -0.3 is 10.6 Å². The second kappa shape index (κ2) is 4.28. The van der Waals surface area contributed by atoms with Crippen LogP contribution >= 0.6 is 11.3 Å². The van der Waals surface area contributed by atoms with Crippen LogP contribution in [0.2, 0.25) is 0 Å². The molecule has 2 aromatic rings. The molecule has 0 unspecified atom stereocenters. The van der Waals surface area contributed by atoms with Gasteiger partial charge in [-0.3, -0.25) is 4.79 Å². The van der Waals surface area contributed by atoms with E-state index in [-0.39, 0.29) is 5.91 Å². The largest absolute Gasteiger partial charge is 0.397 e. The van der Waals surface area contributed by atoms with Crippen molar-refractivity contribution in [3.8, 4) is 0 Å². The van der Waals surface area contributed by atoms with Gasteiger partial charge >= 0.3 is 0 Å². The minimum Gasteiger partial charge on any atom is -0.397 e. The first kappa shape index (κ1) is 11.5. The topological polar surface area (TPSA) is 46.3 Å². The lowest BCUT2D eigenvalue weighted by Crippen LogP contribution is -2.27. The van der Waals surface area contributed by atoms with E-state index in [1.165, 1.54) is 16.9 Å². The number of fused-ring (bicyclic) bond motifs is 1. The Kier molecular flexibility index (Phi) is 2.74. The van der Waals surface area contributed by atoms with Crippen molar-refractivity contribution in [1.29, 1.82) is 0 Å². The molecule has 0 bridgehead atoms. The van der Waals surface area contributed by atoms with E-state index in [1.54, 1.807) is 0 Å². The number of nitrogen functional groups attached to an aromatic ring is 1. The molecule has 1 saturated heterocycles. The number of carbonyl (C=O) groups excluding carboxylic acids is 1. The molecular formula is C14H16N2OS. The predicted molar refractivity (Wildman–Crippen MR) is 76.1 cm³/mol. The highest BCUT2D eigenvalue weighted by Gasteiger charge is 2.24. The van der Waals surface area contributed by atoms with Crippen LogP contribution < -0.4 is 5.73 Å². The van der Waals surface area contributed by atoms with E-state index in [0.717, 1.165) is 36.0 Å². The van der Waals surface area contributed by atoms with Gasteiger partial charge in [0.2, 0.25) is 0 Å². The molecule has 4 heteroatoms. The molecule has 94 valence electrons. The summed E-state index contributed by atoms with van der Waals surface area (Å²) in [7, 11) is 0. The normalized spacial score (nSPS) is 15.5. The minimum atomic E-state index is 0.102. The summed E-state index contributed by atoms with van der Waals surface area (Å²) in [6.45, 7) is 3.79. The molecule has 18 heavy (non-hydrogen) atoms. The summed E-state index contributed by atoms with van der Waals surface area (Å²) in [5.74, 6) is 0.102. The van der Waals surface area contributed by atoms with E-state index in [1.807, 2.05) is 17.0 Å². The summed E-state index contributed by atoms with van der Waals surface area (Å²) in [6.07, 6.45) is 2.21. The third kappa shape index (κ3) is 1.68. The highest BCUT2D eigenvalue weighted by molar-refractivity contribution is 7.21. The van der Waals surface area contributed by atoms with Gasteiger partial charge in [-0.1, -0.05) is 18.2 Å². The van der Waals surface area contributed by atoms with E-state index in [4.69, 9.17) is 5.73 Å². The molecule has 0 spiro atoms. The Balaban J connectivity index is 2.09. The monoisotopic (exact) mass is 260 g/mol. The van der Waals surface area contributed by atoms with Crippen molar-refractivity contribution in [2.75, 3.05) is 18.8 Å². The average molecular weight is 260 g/mol. The number of amides is 1. The predicted octanol–water partition coefficient (Wildman–Crippen LogP) is 3.03. The second-order valence-corrected chi connectivity index (χ2v) is 5.82. The fourth-order valence-corrected chi connectivity index (χ4v) is 3.66. The number of nitrogens with zero attached hydrogens (tertiary/aromatic N) is 1. The maximum Gasteiger partial charge on any atom is 0.266 e. The van der Waals surface area contributed by atoms with E-state index >= 15 is 0 Å². The van der Waals surface area contributed by atoms with E-state index in [2.05, 4.69) is 13.0 Å². The second-order valence-electron chi connectivity index (χ2n) is 4.80. The maximum absolute atomic E-state index is 12.4. The van der Waals surface area contributed by atoms with Crippen LogP contribution in [0.5, 0.6) is 0 Å². The van der Waals surface area contributed by atoms with Gasteiger partial charge in [-0.15, -0.1) is 11.3 Å². The highest BCUT2D eigenvalue weighted by Crippen LogP contribution is 2.36. The van der Waals surface area contributed by atoms with Crippen molar-refractivity contribution < 1.29 is 4.79 Å². The fourth-order valence-electron chi connectivity index (χ4n) is 2.50. The number of benzene rings is 1. The van der Waals surface area contributed by atoms with Gasteiger partial charge in [-0.25, -0.2) is 0 Å². The highest BCUT2D eigenvalue weighted by atomic mass is 32.1. The number of hydrogen-bond acceptors (Lipinski definition) is 3. The summed E-state index contributed by atoms with van der Waals surface area (Å²) in [5, 5.41) is 1.02. The number of aryl methyl sites for hydroxylation is 1. The molecule has 1 aliphatic heterocycles. The van der Waals surface area contributed by atoms with E-state index in [9.17, 15) is 4.79 Å². The molecule has 0 radical (unpaired) electrons. The number of rotatable bonds is 1. The minimum absolute atomic E-state index is 0.102. The summed E-state index contributed by atoms with van der Waals surface area (Å²) in [5.41, 5.74) is 7.97. The van der Waals surface area contributed by atoms with Gasteiger partial charge in [0, 0.05) is 23.2 Å². The van der Waals surface area contributed by atoms with Crippen molar-refractivity contribution in [3.05, 3.63) is 28.6 Å². The van der Waals surface area contributed by atoms with Crippen molar-refractivity contribution in [3.63, 3.8) is 0 Å². The molecule has 2 N–H and O–H groups in total. The zero-order valence-corrected chi connectivity index (χ0v) is 11.2. The first-order valence-electron chi connectivity index (χ1n) is 6.25. The molecule has 0 atom stereocenters. The Morgan fingerprint density at radius 1 is 1.33 bits per heavy atom. The zero-order valence-electron chi connectivity index (χ0n) is 10.4. The van der Waals surface area contributed by atoms with Crippen LogP contribution in [0.15, 0.2) is 18.2 Å². The molecule has 1 aromatic carbocycles. The number of nitrogens with two attached hydrogens (primary N) is 1. The quantitative estimate of drug-likeness (QED) is 0.856. The summed E-state index contributed by atoms with van der Waals surface area (Å²) in [4.78, 5) is 15.0. The van der Waals surface area contributed by atoms with Crippen LogP contribution in [0, 0.1) is 6.92 Å². The van der Waals surface area contributed by atoms with Crippen LogP contribution in [0.1, 0.15) is 28.1 Å². The Hall–Kier alpha value is -1.55. The third-order valence-electron chi connectivity index (χ3n) is 3.54. The maximum atomic E-state index is 12.4. The lowest BCUT2D eigenvalue weighted by Gasteiger charge is -2.14. The number of carbonyl (C=O) groups is 1. The Labute approximate surface area is 110 Å². The molecule has 3 nitrogen and oxygen atoms in total. The van der Waals surface area contributed by atoms with Crippen molar-refractivity contribution in [1.82, 2.24) is 4.90 Å². The first-order valence-corrected chi connectivity index (χ1v) is 7.07. The third-order valence-corrected chi connectivity index (χ3v) is 4.88. The van der Waals surface area contributed by atoms with Gasteiger partial charge in [-0.05, 0) is 25.3 Å². The fraction of sp³-hybridized carbons (Fsp3) is 0.357. The number of anilines is 1. The van der Waals surface area contributed by atoms with Crippen LogP contribution in [0.3, 0.4) is 0 Å². The molecule has 1 amide bonds. The molecule has 0 aliphatic carbocycles. The van der Waals surface area contributed by atoms with Gasteiger partial charge in [0.25, 0.3) is 5.91 Å². The van der Waals surface area contributed by atoms with Gasteiger partial charge in [0.1, 0.15) is 4.88 Å². The standard InChI is InChI=1S/C14H16N2OS/c1-9-5-4-6-10-11(15)13(18-12(9)10)14(17)16-7-2-3-8-16/h4-6H,2-3,7-8,15H2,1H3. The smallest absolute Gasteiger partial charge is 0.266 e. The van der Waals surface area contributed by atoms with E-state index < -0.39 is 0 Å². The number of likely N-dealkylation sites (tertiary alicyclic amines) is 1. The first-order chi connectivity index (χ1) is 8.68. The Bertz CT molecular complexity index is 612. The SMILES string of the molecule is Cc1cccc2c(N)c(C(=O)N3CCCC3)sc12. The molecule has 3 rings (SSSR count). The van der Waals surface area contributed by atoms with Crippen LogP contribution in [0.25, 0.3) is 10.1 Å². The molecule has 1 aliphatic rings. The van der Waals surface area contributed by atoms with Crippen LogP contribution in [-0.4, -0.2) is 23.9 Å². The number of thiophene rings is 1. The van der Waals surface area contributed by atoms with Crippen molar-refractivity contribution in [2.45, 2.75) is 19.8 Å². The molecule has 0 saturated carbocycles.